The van der Waals surface area contributed by atoms with Crippen LogP contribution in [-0.2, 0) is 9.59 Å². The molecule has 0 radical (unpaired) electrons. The van der Waals surface area contributed by atoms with Gasteiger partial charge in [-0.1, -0.05) is 23.7 Å². The first-order valence-electron chi connectivity index (χ1n) is 6.59. The monoisotopic (exact) mass is 324 g/mol. The number of barbiturate groups is 1. The van der Waals surface area contributed by atoms with Gasteiger partial charge in [-0.25, -0.2) is 4.79 Å². The highest BCUT2D eigenvalue weighted by Gasteiger charge is 2.44. The maximum atomic E-state index is 12.6. The van der Waals surface area contributed by atoms with E-state index < -0.39 is 23.8 Å². The third kappa shape index (κ3) is 2.65. The van der Waals surface area contributed by atoms with Crippen molar-refractivity contribution in [2.45, 2.75) is 18.4 Å². The van der Waals surface area contributed by atoms with Gasteiger partial charge in [0.15, 0.2) is 0 Å². The van der Waals surface area contributed by atoms with Gasteiger partial charge in [-0.3, -0.25) is 19.8 Å². The first-order valence-corrected chi connectivity index (χ1v) is 8.12. The fourth-order valence-electron chi connectivity index (χ4n) is 2.61. The number of rotatable bonds is 2. The minimum Gasteiger partial charge on any atom is -0.277 e. The Bertz CT molecular complexity index is 599. The Balaban J connectivity index is 1.92. The van der Waals surface area contributed by atoms with Crippen LogP contribution in [0.2, 0.25) is 5.02 Å². The van der Waals surface area contributed by atoms with E-state index in [1.807, 2.05) is 0 Å². The lowest BCUT2D eigenvalue weighted by molar-refractivity contribution is -0.139. The Morgan fingerprint density at radius 2 is 1.90 bits per heavy atom. The van der Waals surface area contributed by atoms with Gasteiger partial charge in [0, 0.05) is 10.8 Å². The molecular formula is C14H13ClN2O3S. The number of hydrogen-bond donors (Lipinski definition) is 1. The van der Waals surface area contributed by atoms with E-state index in [4.69, 9.17) is 11.6 Å². The summed E-state index contributed by atoms with van der Waals surface area (Å²) in [6.45, 7) is 0. The van der Waals surface area contributed by atoms with Crippen LogP contribution in [0.3, 0.4) is 0 Å². The largest absolute Gasteiger partial charge is 0.331 e. The summed E-state index contributed by atoms with van der Waals surface area (Å²) in [6.07, 6.45) is 0.769. The Morgan fingerprint density at radius 1 is 1.19 bits per heavy atom. The molecule has 2 unspecified atom stereocenters. The van der Waals surface area contributed by atoms with E-state index in [0.717, 1.165) is 17.9 Å². The first kappa shape index (κ1) is 14.4. The summed E-state index contributed by atoms with van der Waals surface area (Å²) in [7, 11) is 0. The molecule has 21 heavy (non-hydrogen) atoms. The van der Waals surface area contributed by atoms with Crippen molar-refractivity contribution in [3.63, 3.8) is 0 Å². The third-order valence-corrected chi connectivity index (χ3v) is 5.07. The van der Waals surface area contributed by atoms with Crippen LogP contribution in [0, 0.1) is 0 Å². The maximum Gasteiger partial charge on any atom is 0.331 e. The zero-order valence-electron chi connectivity index (χ0n) is 11.0. The van der Waals surface area contributed by atoms with Crippen LogP contribution in [0.1, 0.15) is 17.9 Å². The second-order valence-electron chi connectivity index (χ2n) is 5.00. The highest BCUT2D eigenvalue weighted by molar-refractivity contribution is 7.99. The molecular weight excluding hydrogens is 312 g/mol. The summed E-state index contributed by atoms with van der Waals surface area (Å²) in [5, 5.41) is 2.81. The van der Waals surface area contributed by atoms with Crippen molar-refractivity contribution in [1.29, 1.82) is 0 Å². The normalized spacial score (nSPS) is 26.1. The Hall–Kier alpha value is -1.53. The summed E-state index contributed by atoms with van der Waals surface area (Å²) in [5.41, 5.74) is 0.546. The summed E-state index contributed by atoms with van der Waals surface area (Å²) in [6, 6.07) is 5.80. The van der Waals surface area contributed by atoms with Gasteiger partial charge in [0.25, 0.3) is 0 Å². The number of carbonyl (C=O) groups excluding carboxylic acids is 3. The number of thioether (sulfide) groups is 1. The van der Waals surface area contributed by atoms with Gasteiger partial charge in [-0.05, 0) is 29.9 Å². The number of amides is 4. The summed E-state index contributed by atoms with van der Waals surface area (Å²) in [4.78, 5) is 37.8. The SMILES string of the molecule is O=C1NC(=O)N(C2CCSC2)C(=O)C1c1ccc(Cl)cc1. The van der Waals surface area contributed by atoms with Crippen molar-refractivity contribution in [2.24, 2.45) is 0 Å². The molecule has 0 aliphatic carbocycles. The standard InChI is InChI=1S/C14H13ClN2O3S/c15-9-3-1-8(2-4-9)11-12(18)16-14(20)17(13(11)19)10-5-6-21-7-10/h1-4,10-11H,5-7H2,(H,16,18,20). The van der Waals surface area contributed by atoms with Crippen LogP contribution >= 0.6 is 23.4 Å². The topological polar surface area (TPSA) is 66.5 Å². The maximum absolute atomic E-state index is 12.6. The molecule has 2 heterocycles. The summed E-state index contributed by atoms with van der Waals surface area (Å²) < 4.78 is 0. The lowest BCUT2D eigenvalue weighted by Crippen LogP contribution is -2.60. The van der Waals surface area contributed by atoms with Crippen LogP contribution in [0.25, 0.3) is 0 Å². The van der Waals surface area contributed by atoms with Crippen molar-refractivity contribution in [1.82, 2.24) is 10.2 Å². The average molecular weight is 325 g/mol. The molecule has 5 nitrogen and oxygen atoms in total. The van der Waals surface area contributed by atoms with Crippen LogP contribution in [0.4, 0.5) is 4.79 Å². The minimum atomic E-state index is -0.981. The first-order chi connectivity index (χ1) is 10.1. The molecule has 2 aliphatic rings. The number of imide groups is 2. The fraction of sp³-hybridized carbons (Fsp3) is 0.357. The highest BCUT2D eigenvalue weighted by atomic mass is 35.5. The Morgan fingerprint density at radius 3 is 2.52 bits per heavy atom. The zero-order valence-corrected chi connectivity index (χ0v) is 12.6. The van der Waals surface area contributed by atoms with Crippen molar-refractivity contribution >= 4 is 41.2 Å². The van der Waals surface area contributed by atoms with Crippen molar-refractivity contribution in [3.8, 4) is 0 Å². The fourth-order valence-corrected chi connectivity index (χ4v) is 3.93. The van der Waals surface area contributed by atoms with E-state index in [2.05, 4.69) is 5.32 Å². The Labute approximate surface area is 131 Å². The molecule has 4 amide bonds. The van der Waals surface area contributed by atoms with E-state index in [-0.39, 0.29) is 6.04 Å². The van der Waals surface area contributed by atoms with E-state index in [9.17, 15) is 14.4 Å². The molecule has 0 bridgehead atoms. The second-order valence-corrected chi connectivity index (χ2v) is 6.59. The number of hydrogen-bond acceptors (Lipinski definition) is 4. The molecule has 2 fully saturated rings. The highest BCUT2D eigenvalue weighted by Crippen LogP contribution is 2.29. The van der Waals surface area contributed by atoms with Crippen LogP contribution in [0.15, 0.2) is 24.3 Å². The molecule has 1 aromatic rings. The van der Waals surface area contributed by atoms with Gasteiger partial charge in [0.2, 0.25) is 11.8 Å². The van der Waals surface area contributed by atoms with E-state index in [0.29, 0.717) is 10.6 Å². The number of urea groups is 1. The lowest BCUT2D eigenvalue weighted by Gasteiger charge is -2.33. The molecule has 2 saturated heterocycles. The van der Waals surface area contributed by atoms with E-state index in [1.165, 1.54) is 4.90 Å². The van der Waals surface area contributed by atoms with Crippen molar-refractivity contribution < 1.29 is 14.4 Å². The molecule has 110 valence electrons. The lowest BCUT2D eigenvalue weighted by atomic mass is 9.94. The van der Waals surface area contributed by atoms with Crippen LogP contribution < -0.4 is 5.32 Å². The number of benzene rings is 1. The third-order valence-electron chi connectivity index (χ3n) is 3.67. The average Bonchev–Trinajstić information content (AvgIpc) is 2.94. The number of halogens is 1. The molecule has 1 aromatic carbocycles. The molecule has 7 heteroatoms. The second kappa shape index (κ2) is 5.69. The van der Waals surface area contributed by atoms with Crippen molar-refractivity contribution in [2.75, 3.05) is 11.5 Å². The number of nitrogens with one attached hydrogen (secondary N) is 1. The van der Waals surface area contributed by atoms with Gasteiger partial charge in [-0.15, -0.1) is 0 Å². The van der Waals surface area contributed by atoms with Gasteiger partial charge >= 0.3 is 6.03 Å². The molecule has 1 N–H and O–H groups in total. The summed E-state index contributed by atoms with van der Waals surface area (Å²) in [5.74, 6) is -0.361. The number of carbonyl (C=O) groups is 3. The molecule has 0 aromatic heterocycles. The van der Waals surface area contributed by atoms with Crippen LogP contribution in [0.5, 0.6) is 0 Å². The molecule has 3 rings (SSSR count). The van der Waals surface area contributed by atoms with Gasteiger partial charge < -0.3 is 0 Å². The predicted octanol–water partition coefficient (Wildman–Crippen LogP) is 2.01. The smallest absolute Gasteiger partial charge is 0.277 e. The zero-order chi connectivity index (χ0) is 15.0. The van der Waals surface area contributed by atoms with E-state index >= 15 is 0 Å². The molecule has 0 spiro atoms. The summed E-state index contributed by atoms with van der Waals surface area (Å²) >= 11 is 7.53. The minimum absolute atomic E-state index is 0.134. The van der Waals surface area contributed by atoms with E-state index in [1.54, 1.807) is 36.0 Å². The van der Waals surface area contributed by atoms with Crippen molar-refractivity contribution in [3.05, 3.63) is 34.9 Å². The van der Waals surface area contributed by atoms with Gasteiger partial charge in [0.05, 0.1) is 6.04 Å². The van der Waals surface area contributed by atoms with Crippen LogP contribution in [-0.4, -0.2) is 40.3 Å². The van der Waals surface area contributed by atoms with Gasteiger partial charge in [-0.2, -0.15) is 11.8 Å². The molecule has 0 saturated carbocycles. The quantitative estimate of drug-likeness (QED) is 0.845. The molecule has 2 atom stereocenters. The molecule has 2 aliphatic heterocycles. The predicted molar refractivity (Wildman–Crippen MR) is 80.3 cm³/mol. The number of nitrogens with zero attached hydrogens (tertiary/aromatic N) is 1. The van der Waals surface area contributed by atoms with Gasteiger partial charge in [0.1, 0.15) is 5.92 Å². The Kier molecular flexibility index (Phi) is 3.91.